The quantitative estimate of drug-likeness (QED) is 0.547. The van der Waals surface area contributed by atoms with E-state index in [1.807, 2.05) is 0 Å². The predicted molar refractivity (Wildman–Crippen MR) is 116 cm³/mol. The van der Waals surface area contributed by atoms with Crippen LogP contribution in [0.5, 0.6) is 11.5 Å². The lowest BCUT2D eigenvalue weighted by atomic mass is 9.84. The second-order valence-electron chi connectivity index (χ2n) is 8.72. The fourth-order valence-corrected chi connectivity index (χ4v) is 4.86. The lowest BCUT2D eigenvalue weighted by Gasteiger charge is -2.40. The Bertz CT molecular complexity index is 887. The number of rotatable bonds is 10. The summed E-state index contributed by atoms with van der Waals surface area (Å²) in [7, 11) is -3.61. The molecule has 0 aromatic heterocycles. The maximum absolute atomic E-state index is 13.0. The first-order valence-electron chi connectivity index (χ1n) is 10.8. The molecule has 2 fully saturated rings. The Hall–Kier alpha value is -2.09. The standard InChI is InChI=1S/C24H30O6S/c1-3-23(13-27-14-23)17-29-19-5-9-21(10-6-19)31(25,26)22-11-7-20(8-12-22)30-18-24(4-2)15-28-16-24/h5-12H,3-4,13-18H2,1-2H3. The van der Waals surface area contributed by atoms with E-state index in [4.69, 9.17) is 18.9 Å². The van der Waals surface area contributed by atoms with Crippen LogP contribution in [0.2, 0.25) is 0 Å². The van der Waals surface area contributed by atoms with E-state index in [-0.39, 0.29) is 20.6 Å². The molecular weight excluding hydrogens is 416 g/mol. The van der Waals surface area contributed by atoms with Crippen molar-refractivity contribution >= 4 is 9.84 Å². The van der Waals surface area contributed by atoms with Gasteiger partial charge in [-0.15, -0.1) is 0 Å². The van der Waals surface area contributed by atoms with Crippen molar-refractivity contribution in [2.75, 3.05) is 39.6 Å². The summed E-state index contributed by atoms with van der Waals surface area (Å²) < 4.78 is 48.3. The minimum atomic E-state index is -3.61. The molecule has 7 heteroatoms. The molecule has 0 amide bonds. The minimum absolute atomic E-state index is 0.0804. The summed E-state index contributed by atoms with van der Waals surface area (Å²) in [6, 6.07) is 13.2. The molecule has 2 aromatic carbocycles. The van der Waals surface area contributed by atoms with Crippen LogP contribution in [-0.2, 0) is 19.3 Å². The van der Waals surface area contributed by atoms with Gasteiger partial charge in [-0.25, -0.2) is 8.42 Å². The topological polar surface area (TPSA) is 71.1 Å². The van der Waals surface area contributed by atoms with Crippen LogP contribution >= 0.6 is 0 Å². The molecule has 6 nitrogen and oxygen atoms in total. The van der Waals surface area contributed by atoms with Gasteiger partial charge in [0.25, 0.3) is 0 Å². The van der Waals surface area contributed by atoms with Crippen molar-refractivity contribution in [3.63, 3.8) is 0 Å². The van der Waals surface area contributed by atoms with Crippen molar-refractivity contribution in [3.05, 3.63) is 48.5 Å². The fraction of sp³-hybridized carbons (Fsp3) is 0.500. The third-order valence-corrected chi connectivity index (χ3v) is 8.28. The van der Waals surface area contributed by atoms with E-state index in [1.165, 1.54) is 0 Å². The predicted octanol–water partition coefficient (Wildman–Crippen LogP) is 4.13. The van der Waals surface area contributed by atoms with E-state index in [1.54, 1.807) is 48.5 Å². The number of hydrogen-bond donors (Lipinski definition) is 0. The Morgan fingerprint density at radius 2 is 1.06 bits per heavy atom. The van der Waals surface area contributed by atoms with Gasteiger partial charge in [-0.3, -0.25) is 0 Å². The summed E-state index contributed by atoms with van der Waals surface area (Å²) in [6.07, 6.45) is 1.98. The van der Waals surface area contributed by atoms with Crippen LogP contribution in [0.1, 0.15) is 26.7 Å². The van der Waals surface area contributed by atoms with E-state index in [9.17, 15) is 8.42 Å². The van der Waals surface area contributed by atoms with Crippen molar-refractivity contribution < 1.29 is 27.4 Å². The molecule has 0 atom stereocenters. The third kappa shape index (κ3) is 4.59. The van der Waals surface area contributed by atoms with Crippen LogP contribution in [0.3, 0.4) is 0 Å². The van der Waals surface area contributed by atoms with Gasteiger partial charge in [0.05, 0.1) is 60.3 Å². The SMILES string of the molecule is CCC1(COc2ccc(S(=O)(=O)c3ccc(OCC4(CC)COC4)cc3)cc2)COC1. The molecule has 0 radical (unpaired) electrons. The highest BCUT2D eigenvalue weighted by Crippen LogP contribution is 2.33. The highest BCUT2D eigenvalue weighted by molar-refractivity contribution is 7.91. The molecule has 4 rings (SSSR count). The van der Waals surface area contributed by atoms with E-state index in [0.717, 1.165) is 12.8 Å². The zero-order valence-corrected chi connectivity index (χ0v) is 18.9. The Morgan fingerprint density at radius 1 is 0.710 bits per heavy atom. The van der Waals surface area contributed by atoms with Gasteiger partial charge in [-0.2, -0.15) is 0 Å². The number of benzene rings is 2. The highest BCUT2D eigenvalue weighted by Gasteiger charge is 2.38. The molecule has 2 heterocycles. The molecule has 0 N–H and O–H groups in total. The molecular formula is C24H30O6S. The van der Waals surface area contributed by atoms with Gasteiger partial charge in [0, 0.05) is 0 Å². The summed E-state index contributed by atoms with van der Waals surface area (Å²) in [4.78, 5) is 0.476. The Kier molecular flexibility index (Phi) is 6.28. The summed E-state index contributed by atoms with van der Waals surface area (Å²) in [6.45, 7) is 8.24. The monoisotopic (exact) mass is 446 g/mol. The first-order valence-corrected chi connectivity index (χ1v) is 12.3. The average molecular weight is 447 g/mol. The van der Waals surface area contributed by atoms with Gasteiger partial charge >= 0.3 is 0 Å². The largest absolute Gasteiger partial charge is 0.493 e. The average Bonchev–Trinajstić information content (AvgIpc) is 2.73. The normalized spacial score (nSPS) is 19.2. The first-order chi connectivity index (χ1) is 14.9. The van der Waals surface area contributed by atoms with Gasteiger partial charge in [-0.1, -0.05) is 13.8 Å². The summed E-state index contributed by atoms with van der Waals surface area (Å²) >= 11 is 0. The smallest absolute Gasteiger partial charge is 0.206 e. The lowest BCUT2D eigenvalue weighted by Crippen LogP contribution is -2.46. The second-order valence-corrected chi connectivity index (χ2v) is 10.7. The molecule has 0 spiro atoms. The van der Waals surface area contributed by atoms with E-state index < -0.39 is 9.84 Å². The maximum Gasteiger partial charge on any atom is 0.206 e. The molecule has 2 aliphatic heterocycles. The Morgan fingerprint density at radius 3 is 1.32 bits per heavy atom. The van der Waals surface area contributed by atoms with Crippen LogP contribution in [0.4, 0.5) is 0 Å². The van der Waals surface area contributed by atoms with Gasteiger partial charge in [0.15, 0.2) is 0 Å². The van der Waals surface area contributed by atoms with Crippen molar-refractivity contribution in [3.8, 4) is 11.5 Å². The van der Waals surface area contributed by atoms with Crippen molar-refractivity contribution in [1.29, 1.82) is 0 Å². The number of ether oxygens (including phenoxy) is 4. The Labute approximate surface area is 184 Å². The molecule has 31 heavy (non-hydrogen) atoms. The third-order valence-electron chi connectivity index (χ3n) is 6.49. The number of sulfone groups is 1. The molecule has 0 aliphatic carbocycles. The van der Waals surface area contributed by atoms with Gasteiger partial charge in [0.2, 0.25) is 9.84 Å². The lowest BCUT2D eigenvalue weighted by molar-refractivity contribution is -0.133. The van der Waals surface area contributed by atoms with E-state index in [0.29, 0.717) is 51.1 Å². The molecule has 0 saturated carbocycles. The zero-order valence-electron chi connectivity index (χ0n) is 18.1. The zero-order chi connectivity index (χ0) is 22.0. The molecule has 2 aliphatic rings. The van der Waals surface area contributed by atoms with Crippen LogP contribution in [0.15, 0.2) is 58.3 Å². The van der Waals surface area contributed by atoms with E-state index in [2.05, 4.69) is 13.8 Å². The van der Waals surface area contributed by atoms with Crippen LogP contribution in [0.25, 0.3) is 0 Å². The summed E-state index contributed by atoms with van der Waals surface area (Å²) in [5.41, 5.74) is 0.161. The van der Waals surface area contributed by atoms with Crippen LogP contribution in [0, 0.1) is 10.8 Å². The van der Waals surface area contributed by atoms with Gasteiger partial charge < -0.3 is 18.9 Å². The van der Waals surface area contributed by atoms with Crippen LogP contribution in [-0.4, -0.2) is 48.1 Å². The van der Waals surface area contributed by atoms with Crippen molar-refractivity contribution in [2.24, 2.45) is 10.8 Å². The van der Waals surface area contributed by atoms with Gasteiger partial charge in [0.1, 0.15) is 11.5 Å². The van der Waals surface area contributed by atoms with Crippen LogP contribution < -0.4 is 9.47 Å². The number of hydrogen-bond acceptors (Lipinski definition) is 6. The molecule has 168 valence electrons. The summed E-state index contributed by atoms with van der Waals surface area (Å²) in [5.74, 6) is 1.32. The molecule has 2 saturated heterocycles. The Balaban J connectivity index is 1.38. The maximum atomic E-state index is 13.0. The molecule has 0 bridgehead atoms. The highest BCUT2D eigenvalue weighted by atomic mass is 32.2. The fourth-order valence-electron chi connectivity index (χ4n) is 3.60. The minimum Gasteiger partial charge on any atom is -0.493 e. The first kappa shape index (κ1) is 22.1. The molecule has 2 aromatic rings. The van der Waals surface area contributed by atoms with Gasteiger partial charge in [-0.05, 0) is 61.4 Å². The van der Waals surface area contributed by atoms with E-state index >= 15 is 0 Å². The van der Waals surface area contributed by atoms with Crippen molar-refractivity contribution in [1.82, 2.24) is 0 Å². The van der Waals surface area contributed by atoms with Crippen molar-refractivity contribution in [2.45, 2.75) is 36.5 Å². The molecule has 0 unspecified atom stereocenters. The second kappa shape index (κ2) is 8.81. The summed E-state index contributed by atoms with van der Waals surface area (Å²) in [5, 5.41) is 0.